The summed E-state index contributed by atoms with van der Waals surface area (Å²) in [5, 5.41) is 11.7. The van der Waals surface area contributed by atoms with Crippen LogP contribution in [0.25, 0.3) is 5.76 Å². The van der Waals surface area contributed by atoms with Gasteiger partial charge < -0.3 is 23.9 Å². The first-order valence-electron chi connectivity index (χ1n) is 9.73. The van der Waals surface area contributed by atoms with Gasteiger partial charge in [-0.3, -0.25) is 9.59 Å². The van der Waals surface area contributed by atoms with E-state index in [0.29, 0.717) is 33.4 Å². The van der Waals surface area contributed by atoms with Gasteiger partial charge in [-0.25, -0.2) is 0 Å². The lowest BCUT2D eigenvalue weighted by Crippen LogP contribution is -2.29. The number of ether oxygens (including phenoxy) is 2. The summed E-state index contributed by atoms with van der Waals surface area (Å²) in [6.07, 6.45) is 1.49. The fourth-order valence-electron chi connectivity index (χ4n) is 3.74. The summed E-state index contributed by atoms with van der Waals surface area (Å²) in [4.78, 5) is 27.4. The number of carbonyl (C=O) groups excluding carboxylic acids is 2. The number of nitrogens with zero attached hydrogens (tertiary/aromatic N) is 1. The first kappa shape index (κ1) is 21.5. The van der Waals surface area contributed by atoms with Gasteiger partial charge in [-0.2, -0.15) is 0 Å². The summed E-state index contributed by atoms with van der Waals surface area (Å²) >= 11 is 6.03. The molecule has 0 aliphatic carbocycles. The van der Waals surface area contributed by atoms with Gasteiger partial charge in [0.05, 0.1) is 38.6 Å². The molecule has 1 fully saturated rings. The van der Waals surface area contributed by atoms with Crippen molar-refractivity contribution < 1.29 is 28.6 Å². The van der Waals surface area contributed by atoms with E-state index in [4.69, 9.17) is 25.5 Å². The van der Waals surface area contributed by atoms with E-state index in [-0.39, 0.29) is 17.9 Å². The summed E-state index contributed by atoms with van der Waals surface area (Å²) in [7, 11) is 2.97. The maximum Gasteiger partial charge on any atom is 0.296 e. The number of aliphatic hydroxyl groups excluding tert-OH is 1. The number of Topliss-reactive ketones (excluding diaryl/α,β-unsaturated/α-hetero) is 1. The first-order valence-corrected chi connectivity index (χ1v) is 10.1. The number of rotatable bonds is 6. The zero-order valence-corrected chi connectivity index (χ0v) is 18.1. The second kappa shape index (κ2) is 8.80. The molecule has 32 heavy (non-hydrogen) atoms. The number of hydrogen-bond donors (Lipinski definition) is 1. The van der Waals surface area contributed by atoms with Gasteiger partial charge in [-0.1, -0.05) is 23.7 Å². The number of aliphatic hydroxyl groups is 1. The topological polar surface area (TPSA) is 89.2 Å². The van der Waals surface area contributed by atoms with E-state index in [1.54, 1.807) is 54.6 Å². The van der Waals surface area contributed by atoms with Crippen molar-refractivity contribution in [3.8, 4) is 11.5 Å². The Morgan fingerprint density at radius 3 is 2.41 bits per heavy atom. The molecule has 2 aromatic carbocycles. The molecule has 3 aromatic rings. The lowest BCUT2D eigenvalue weighted by Gasteiger charge is -2.24. The molecule has 0 unspecified atom stereocenters. The van der Waals surface area contributed by atoms with E-state index in [2.05, 4.69) is 0 Å². The Hall–Kier alpha value is -3.71. The van der Waals surface area contributed by atoms with Crippen LogP contribution < -0.4 is 9.47 Å². The third-order valence-electron chi connectivity index (χ3n) is 5.29. The van der Waals surface area contributed by atoms with Gasteiger partial charge in [-0.05, 0) is 48.0 Å². The van der Waals surface area contributed by atoms with Crippen LogP contribution in [0.15, 0.2) is 70.9 Å². The van der Waals surface area contributed by atoms with Gasteiger partial charge in [0.15, 0.2) is 11.5 Å². The minimum absolute atomic E-state index is 0.0314. The minimum atomic E-state index is -0.828. The van der Waals surface area contributed by atoms with Crippen molar-refractivity contribution >= 4 is 29.1 Å². The molecule has 1 aliphatic heterocycles. The molecular weight excluding hydrogens is 434 g/mol. The van der Waals surface area contributed by atoms with E-state index < -0.39 is 17.7 Å². The van der Waals surface area contributed by atoms with Crippen molar-refractivity contribution in [1.82, 2.24) is 4.90 Å². The fraction of sp³-hybridized carbons (Fsp3) is 0.167. The Morgan fingerprint density at radius 2 is 1.78 bits per heavy atom. The van der Waals surface area contributed by atoms with Gasteiger partial charge in [0.25, 0.3) is 11.7 Å². The third kappa shape index (κ3) is 3.83. The van der Waals surface area contributed by atoms with Gasteiger partial charge in [0.2, 0.25) is 0 Å². The molecule has 0 saturated carbocycles. The maximum absolute atomic E-state index is 13.1. The number of hydrogen-bond acceptors (Lipinski definition) is 6. The Balaban J connectivity index is 1.87. The molecule has 8 heteroatoms. The zero-order chi connectivity index (χ0) is 22.8. The predicted octanol–water partition coefficient (Wildman–Crippen LogP) is 4.57. The molecule has 1 aromatic heterocycles. The fourth-order valence-corrected chi connectivity index (χ4v) is 3.87. The Kier molecular flexibility index (Phi) is 5.92. The van der Waals surface area contributed by atoms with Crippen LogP contribution in [0, 0.1) is 0 Å². The van der Waals surface area contributed by atoms with Crippen LogP contribution in [-0.4, -0.2) is 35.9 Å². The van der Waals surface area contributed by atoms with Crippen molar-refractivity contribution in [1.29, 1.82) is 0 Å². The van der Waals surface area contributed by atoms with Gasteiger partial charge in [-0.15, -0.1) is 0 Å². The second-order valence-corrected chi connectivity index (χ2v) is 7.56. The van der Waals surface area contributed by atoms with Crippen LogP contribution in [0.5, 0.6) is 11.5 Å². The Morgan fingerprint density at radius 1 is 1.06 bits per heavy atom. The highest BCUT2D eigenvalue weighted by Crippen LogP contribution is 2.41. The van der Waals surface area contributed by atoms with Crippen LogP contribution >= 0.6 is 11.6 Å². The van der Waals surface area contributed by atoms with Crippen LogP contribution in [-0.2, 0) is 16.1 Å². The summed E-state index contributed by atoms with van der Waals surface area (Å²) in [6, 6.07) is 14.1. The molecule has 0 spiro atoms. The smallest absolute Gasteiger partial charge is 0.296 e. The molecule has 1 saturated heterocycles. The number of furan rings is 1. The molecule has 4 rings (SSSR count). The molecule has 2 heterocycles. The first-order chi connectivity index (χ1) is 15.4. The number of halogens is 1. The molecule has 1 aliphatic rings. The molecule has 0 radical (unpaired) electrons. The van der Waals surface area contributed by atoms with Gasteiger partial charge in [0, 0.05) is 10.6 Å². The largest absolute Gasteiger partial charge is 0.507 e. The van der Waals surface area contributed by atoms with E-state index in [1.807, 2.05) is 0 Å². The minimum Gasteiger partial charge on any atom is -0.507 e. The molecule has 0 bridgehead atoms. The number of likely N-dealkylation sites (tertiary alicyclic amines) is 1. The highest BCUT2D eigenvalue weighted by atomic mass is 35.5. The van der Waals surface area contributed by atoms with E-state index in [9.17, 15) is 14.7 Å². The van der Waals surface area contributed by atoms with E-state index in [1.165, 1.54) is 25.4 Å². The third-order valence-corrected chi connectivity index (χ3v) is 5.54. The Bertz CT molecular complexity index is 1180. The van der Waals surface area contributed by atoms with Crippen molar-refractivity contribution in [2.45, 2.75) is 12.6 Å². The highest BCUT2D eigenvalue weighted by molar-refractivity contribution is 6.46. The van der Waals surface area contributed by atoms with Crippen LogP contribution in [0.2, 0.25) is 5.02 Å². The molecule has 1 atom stereocenters. The average molecular weight is 454 g/mol. The molecule has 1 amide bonds. The molecular formula is C24H20ClNO6. The van der Waals surface area contributed by atoms with E-state index >= 15 is 0 Å². The van der Waals surface area contributed by atoms with Crippen LogP contribution in [0.3, 0.4) is 0 Å². The van der Waals surface area contributed by atoms with Crippen molar-refractivity contribution in [2.75, 3.05) is 14.2 Å². The molecule has 7 nitrogen and oxygen atoms in total. The second-order valence-electron chi connectivity index (χ2n) is 7.13. The van der Waals surface area contributed by atoms with Crippen LogP contribution in [0.4, 0.5) is 0 Å². The summed E-state index contributed by atoms with van der Waals surface area (Å²) in [5.41, 5.74) is 0.913. The lowest BCUT2D eigenvalue weighted by molar-refractivity contribution is -0.140. The van der Waals surface area contributed by atoms with Crippen molar-refractivity contribution in [3.05, 3.63) is 88.3 Å². The van der Waals surface area contributed by atoms with E-state index in [0.717, 1.165) is 0 Å². The summed E-state index contributed by atoms with van der Waals surface area (Å²) in [5.74, 6) is -0.476. The monoisotopic (exact) mass is 453 g/mol. The number of carbonyl (C=O) groups is 2. The maximum atomic E-state index is 13.1. The Labute approximate surface area is 189 Å². The number of amides is 1. The molecule has 1 N–H and O–H groups in total. The number of methoxy groups -OCH3 is 2. The quantitative estimate of drug-likeness (QED) is 0.334. The van der Waals surface area contributed by atoms with Crippen LogP contribution in [0.1, 0.15) is 22.9 Å². The normalized spacial score (nSPS) is 17.6. The van der Waals surface area contributed by atoms with Crippen molar-refractivity contribution in [2.24, 2.45) is 0 Å². The lowest BCUT2D eigenvalue weighted by atomic mass is 9.95. The number of ketones is 1. The molecule has 164 valence electrons. The summed E-state index contributed by atoms with van der Waals surface area (Å²) in [6.45, 7) is 0.0631. The van der Waals surface area contributed by atoms with Gasteiger partial charge >= 0.3 is 0 Å². The highest BCUT2D eigenvalue weighted by Gasteiger charge is 2.46. The number of benzene rings is 2. The average Bonchev–Trinajstić information content (AvgIpc) is 3.41. The standard InChI is InChI=1S/C24H20ClNO6/c1-30-18-10-7-15(12-19(18)31-2)22(27)20-21(14-5-8-16(25)9-6-14)26(24(29)23(20)28)13-17-4-3-11-32-17/h3-12,21,27H,13H2,1-2H3/t21-/m0/s1. The zero-order valence-electron chi connectivity index (χ0n) is 17.4. The van der Waals surface area contributed by atoms with Gasteiger partial charge in [0.1, 0.15) is 11.5 Å². The predicted molar refractivity (Wildman–Crippen MR) is 118 cm³/mol. The SMILES string of the molecule is COc1ccc(C(O)=C2C(=O)C(=O)N(Cc3ccco3)[C@H]2c2ccc(Cl)cc2)cc1OC. The summed E-state index contributed by atoms with van der Waals surface area (Å²) < 4.78 is 15.9. The van der Waals surface area contributed by atoms with Crippen molar-refractivity contribution in [3.63, 3.8) is 0 Å².